The van der Waals surface area contributed by atoms with Gasteiger partial charge < -0.3 is 16.0 Å². The molecule has 3 unspecified atom stereocenters. The molecule has 2 heterocycles. The molecule has 4 atom stereocenters. The number of amides is 3. The van der Waals surface area contributed by atoms with Crippen LogP contribution in [0.4, 0.5) is 14.9 Å². The fourth-order valence-corrected chi connectivity index (χ4v) is 6.78. The number of alkyl halides is 1. The van der Waals surface area contributed by atoms with E-state index in [1.165, 1.54) is 19.1 Å². The third-order valence-corrected chi connectivity index (χ3v) is 8.39. The molecule has 3 amide bonds. The first-order valence-corrected chi connectivity index (χ1v) is 12.9. The fourth-order valence-electron chi connectivity index (χ4n) is 3.74. The van der Waals surface area contributed by atoms with Crippen LogP contribution in [0.3, 0.4) is 0 Å². The number of nitriles is 1. The van der Waals surface area contributed by atoms with Crippen LogP contribution in [0, 0.1) is 17.2 Å². The summed E-state index contributed by atoms with van der Waals surface area (Å²) in [6, 6.07) is 2.90. The van der Waals surface area contributed by atoms with Crippen molar-refractivity contribution in [3.8, 4) is 6.07 Å². The fraction of sp³-hybridized carbons (Fsp3) is 0.500. The monoisotopic (exact) mass is 487 g/mol. The number of fused-ring (bicyclic) bond motifs is 1. The SMILES string of the molecule is C[C@H](NC(=O)CN1C(=O)Nc2cccc(S(C)(=O)=O)c2S1(=O)=O)C1NCC(C#N)CC1F. The smallest absolute Gasteiger partial charge is 0.336 e. The number of nitrogens with one attached hydrogen (secondary N) is 3. The molecule has 1 saturated heterocycles. The van der Waals surface area contributed by atoms with Gasteiger partial charge in [0.05, 0.1) is 28.6 Å². The second-order valence-corrected chi connectivity index (χ2v) is 11.5. The minimum absolute atomic E-state index is 0.00232. The number of hydrogen-bond donors (Lipinski definition) is 3. The van der Waals surface area contributed by atoms with E-state index >= 15 is 0 Å². The Morgan fingerprint density at radius 2 is 2.12 bits per heavy atom. The largest absolute Gasteiger partial charge is 0.350 e. The Hall–Kier alpha value is -2.76. The summed E-state index contributed by atoms with van der Waals surface area (Å²) in [4.78, 5) is 23.8. The summed E-state index contributed by atoms with van der Waals surface area (Å²) >= 11 is 0. The first kappa shape index (κ1) is 23.9. The number of halogens is 1. The van der Waals surface area contributed by atoms with Gasteiger partial charge in [0.25, 0.3) is 10.0 Å². The van der Waals surface area contributed by atoms with E-state index in [2.05, 4.69) is 16.0 Å². The molecule has 3 rings (SSSR count). The summed E-state index contributed by atoms with van der Waals surface area (Å²) in [5.74, 6) is -1.37. The highest BCUT2D eigenvalue weighted by atomic mass is 32.2. The number of piperidine rings is 1. The topological polar surface area (TPSA) is 166 Å². The second kappa shape index (κ2) is 8.64. The molecule has 0 aliphatic carbocycles. The van der Waals surface area contributed by atoms with Crippen LogP contribution in [-0.4, -0.2) is 70.7 Å². The van der Waals surface area contributed by atoms with Gasteiger partial charge in [0.15, 0.2) is 9.84 Å². The van der Waals surface area contributed by atoms with E-state index in [4.69, 9.17) is 5.26 Å². The summed E-state index contributed by atoms with van der Waals surface area (Å²) < 4.78 is 64.8. The number of rotatable bonds is 5. The Kier molecular flexibility index (Phi) is 6.45. The minimum atomic E-state index is -4.67. The zero-order chi connectivity index (χ0) is 23.8. The normalized spacial score (nSPS) is 25.8. The number of sulfonamides is 1. The Morgan fingerprint density at radius 3 is 2.72 bits per heavy atom. The molecule has 0 bridgehead atoms. The lowest BCUT2D eigenvalue weighted by Gasteiger charge is -2.35. The average molecular weight is 488 g/mol. The Labute approximate surface area is 184 Å². The summed E-state index contributed by atoms with van der Waals surface area (Å²) in [5, 5.41) is 16.5. The first-order chi connectivity index (χ1) is 14.9. The number of anilines is 1. The van der Waals surface area contributed by atoms with Crippen LogP contribution in [0.2, 0.25) is 0 Å². The van der Waals surface area contributed by atoms with Crippen molar-refractivity contribution in [2.45, 2.75) is 41.4 Å². The van der Waals surface area contributed by atoms with Gasteiger partial charge in [-0.2, -0.15) is 5.26 Å². The average Bonchev–Trinajstić information content (AvgIpc) is 2.69. The van der Waals surface area contributed by atoms with E-state index in [0.717, 1.165) is 12.3 Å². The summed E-state index contributed by atoms with van der Waals surface area (Å²) in [6.07, 6.45) is -0.577. The van der Waals surface area contributed by atoms with E-state index in [1.807, 2.05) is 6.07 Å². The molecule has 1 aromatic rings. The minimum Gasteiger partial charge on any atom is -0.350 e. The Morgan fingerprint density at radius 1 is 1.44 bits per heavy atom. The zero-order valence-corrected chi connectivity index (χ0v) is 18.8. The lowest BCUT2D eigenvalue weighted by Crippen LogP contribution is -2.58. The van der Waals surface area contributed by atoms with Crippen molar-refractivity contribution < 1.29 is 30.8 Å². The predicted molar refractivity (Wildman–Crippen MR) is 110 cm³/mol. The molecule has 0 radical (unpaired) electrons. The van der Waals surface area contributed by atoms with Crippen molar-refractivity contribution in [1.82, 2.24) is 14.9 Å². The highest BCUT2D eigenvalue weighted by molar-refractivity contribution is 7.93. The van der Waals surface area contributed by atoms with Gasteiger partial charge in [-0.3, -0.25) is 4.79 Å². The molecule has 0 spiro atoms. The van der Waals surface area contributed by atoms with E-state index in [1.54, 1.807) is 0 Å². The number of nitrogens with zero attached hydrogens (tertiary/aromatic N) is 2. The van der Waals surface area contributed by atoms with Gasteiger partial charge in [-0.15, -0.1) is 0 Å². The van der Waals surface area contributed by atoms with Crippen molar-refractivity contribution in [3.05, 3.63) is 18.2 Å². The van der Waals surface area contributed by atoms with Crippen LogP contribution >= 0.6 is 0 Å². The van der Waals surface area contributed by atoms with Gasteiger partial charge in [-0.1, -0.05) is 6.07 Å². The van der Waals surface area contributed by atoms with Crippen LogP contribution in [0.25, 0.3) is 0 Å². The number of benzene rings is 1. The quantitative estimate of drug-likeness (QED) is 0.521. The van der Waals surface area contributed by atoms with Gasteiger partial charge in [0.2, 0.25) is 5.91 Å². The molecule has 2 aliphatic rings. The van der Waals surface area contributed by atoms with Crippen LogP contribution in [0.15, 0.2) is 28.0 Å². The highest BCUT2D eigenvalue weighted by Crippen LogP contribution is 2.35. The van der Waals surface area contributed by atoms with Crippen molar-refractivity contribution in [2.75, 3.05) is 24.7 Å². The van der Waals surface area contributed by atoms with Crippen molar-refractivity contribution in [2.24, 2.45) is 5.92 Å². The molecule has 2 aliphatic heterocycles. The maximum Gasteiger partial charge on any atom is 0.336 e. The van der Waals surface area contributed by atoms with Gasteiger partial charge in [0.1, 0.15) is 17.6 Å². The number of hydrogen-bond acceptors (Lipinski definition) is 8. The predicted octanol–water partition coefficient (Wildman–Crippen LogP) is -0.0292. The maximum atomic E-state index is 14.4. The third-order valence-electron chi connectivity index (χ3n) is 5.29. The van der Waals surface area contributed by atoms with E-state index in [-0.39, 0.29) is 23.0 Å². The van der Waals surface area contributed by atoms with Crippen LogP contribution in [0.5, 0.6) is 0 Å². The van der Waals surface area contributed by atoms with Crippen LogP contribution < -0.4 is 16.0 Å². The van der Waals surface area contributed by atoms with Gasteiger partial charge in [-0.25, -0.2) is 30.3 Å². The summed E-state index contributed by atoms with van der Waals surface area (Å²) in [5.41, 5.74) is -0.207. The Bertz CT molecular complexity index is 1200. The molecule has 3 N–H and O–H groups in total. The Balaban J connectivity index is 1.79. The lowest BCUT2D eigenvalue weighted by molar-refractivity contribution is -0.121. The molecular formula is C18H22FN5O6S2. The van der Waals surface area contributed by atoms with Crippen molar-refractivity contribution in [3.63, 3.8) is 0 Å². The van der Waals surface area contributed by atoms with Gasteiger partial charge >= 0.3 is 6.03 Å². The van der Waals surface area contributed by atoms with Crippen molar-refractivity contribution in [1.29, 1.82) is 5.26 Å². The number of urea groups is 1. The summed E-state index contributed by atoms with van der Waals surface area (Å²) in [7, 11) is -8.63. The third kappa shape index (κ3) is 4.54. The molecule has 0 aromatic heterocycles. The van der Waals surface area contributed by atoms with Crippen LogP contribution in [0.1, 0.15) is 13.3 Å². The number of carbonyl (C=O) groups is 2. The van der Waals surface area contributed by atoms with Gasteiger partial charge in [0, 0.05) is 18.8 Å². The van der Waals surface area contributed by atoms with Crippen molar-refractivity contribution >= 4 is 37.5 Å². The van der Waals surface area contributed by atoms with E-state index in [9.17, 15) is 30.8 Å². The summed E-state index contributed by atoms with van der Waals surface area (Å²) in [6.45, 7) is 0.826. The van der Waals surface area contributed by atoms with Crippen LogP contribution in [-0.2, 0) is 24.7 Å². The molecule has 32 heavy (non-hydrogen) atoms. The molecule has 1 fully saturated rings. The van der Waals surface area contributed by atoms with E-state index < -0.39 is 72.3 Å². The number of carbonyl (C=O) groups excluding carboxylic acids is 2. The molecule has 0 saturated carbocycles. The van der Waals surface area contributed by atoms with Gasteiger partial charge in [-0.05, 0) is 25.5 Å². The molecule has 11 nitrogen and oxygen atoms in total. The molecular weight excluding hydrogens is 465 g/mol. The first-order valence-electron chi connectivity index (χ1n) is 9.59. The standard InChI is InChI=1S/C18H22FN5O6S2/c1-10(16-12(19)6-11(7-20)8-21-16)22-15(25)9-24-18(26)23-13-4-3-5-14(31(2,27)28)17(13)32(24,29)30/h3-5,10-12,16,21H,6,8-9H2,1-2H3,(H,22,25)(H,23,26)/t10-,11?,12?,16?/m0/s1. The second-order valence-electron chi connectivity index (χ2n) is 7.71. The zero-order valence-electron chi connectivity index (χ0n) is 17.2. The molecule has 174 valence electrons. The van der Waals surface area contributed by atoms with E-state index in [0.29, 0.717) is 0 Å². The maximum absolute atomic E-state index is 14.4. The molecule has 14 heteroatoms. The molecule has 1 aromatic carbocycles. The lowest BCUT2D eigenvalue weighted by atomic mass is 9.90. The number of sulfone groups is 1. The highest BCUT2D eigenvalue weighted by Gasteiger charge is 2.42.